The monoisotopic (exact) mass is 413 g/mol. The third kappa shape index (κ3) is 3.10. The van der Waals surface area contributed by atoms with Gasteiger partial charge in [0.2, 0.25) is 6.43 Å². The minimum atomic E-state index is -3.85. The Morgan fingerprint density at radius 2 is 1.79 bits per heavy atom. The van der Waals surface area contributed by atoms with Gasteiger partial charge in [-0.2, -0.15) is 0 Å². The van der Waals surface area contributed by atoms with Gasteiger partial charge in [-0.15, -0.1) is 0 Å². The molecule has 0 saturated carbocycles. The van der Waals surface area contributed by atoms with Crippen LogP contribution in [0.15, 0.2) is 58.0 Å². The molecule has 1 aromatic heterocycles. The summed E-state index contributed by atoms with van der Waals surface area (Å²) in [5.41, 5.74) is 1.63. The van der Waals surface area contributed by atoms with Crippen molar-refractivity contribution in [1.29, 1.82) is 0 Å². The molecule has 0 atom stereocenters. The molecule has 3 rings (SSSR count). The zero-order chi connectivity index (χ0) is 17.5. The number of rotatable bonds is 4. The topological polar surface area (TPSA) is 39.1 Å². The summed E-state index contributed by atoms with van der Waals surface area (Å²) in [6.45, 7) is 1.86. The minimum Gasteiger partial charge on any atom is -0.241 e. The molecule has 1 heterocycles. The molecule has 24 heavy (non-hydrogen) atoms. The van der Waals surface area contributed by atoms with Gasteiger partial charge in [-0.3, -0.25) is 0 Å². The molecule has 3 nitrogen and oxygen atoms in total. The molecule has 0 unspecified atom stereocenters. The van der Waals surface area contributed by atoms with Crippen LogP contribution in [-0.2, 0) is 16.4 Å². The van der Waals surface area contributed by atoms with Gasteiger partial charge in [-0.05, 0) is 42.8 Å². The van der Waals surface area contributed by atoms with Gasteiger partial charge in [0.25, 0.3) is 10.0 Å². The van der Waals surface area contributed by atoms with Crippen molar-refractivity contribution in [2.45, 2.75) is 24.7 Å². The zero-order valence-electron chi connectivity index (χ0n) is 12.7. The van der Waals surface area contributed by atoms with Crippen LogP contribution in [0.25, 0.3) is 10.9 Å². The van der Waals surface area contributed by atoms with Crippen LogP contribution in [0.2, 0.25) is 0 Å². The lowest BCUT2D eigenvalue weighted by Gasteiger charge is -2.08. The van der Waals surface area contributed by atoms with E-state index < -0.39 is 22.9 Å². The Morgan fingerprint density at radius 1 is 1.12 bits per heavy atom. The quantitative estimate of drug-likeness (QED) is 0.618. The number of fused-ring (bicyclic) bond motifs is 1. The maximum atomic E-state index is 12.9. The van der Waals surface area contributed by atoms with Crippen LogP contribution in [0.5, 0.6) is 0 Å². The third-order valence-electron chi connectivity index (χ3n) is 3.77. The average Bonchev–Trinajstić information content (AvgIpc) is 2.86. The summed E-state index contributed by atoms with van der Waals surface area (Å²) in [5, 5.41) is 0.500. The molecular formula is C17H14BrF2NO2S. The highest BCUT2D eigenvalue weighted by atomic mass is 79.9. The van der Waals surface area contributed by atoms with E-state index in [0.29, 0.717) is 20.9 Å². The Bertz CT molecular complexity index is 995. The molecule has 0 saturated heterocycles. The molecular weight excluding hydrogens is 400 g/mol. The fourth-order valence-electron chi connectivity index (χ4n) is 2.59. The van der Waals surface area contributed by atoms with Crippen molar-refractivity contribution in [3.63, 3.8) is 0 Å². The molecule has 7 heteroatoms. The second-order valence-electron chi connectivity index (χ2n) is 5.52. The number of hydrogen-bond acceptors (Lipinski definition) is 2. The van der Waals surface area contributed by atoms with Gasteiger partial charge in [0, 0.05) is 22.5 Å². The number of benzene rings is 2. The predicted molar refractivity (Wildman–Crippen MR) is 93.1 cm³/mol. The maximum absolute atomic E-state index is 12.9. The molecule has 0 aliphatic carbocycles. The third-order valence-corrected chi connectivity index (χ3v) is 5.95. The summed E-state index contributed by atoms with van der Waals surface area (Å²) in [7, 11) is -3.85. The van der Waals surface area contributed by atoms with Crippen LogP contribution in [0.1, 0.15) is 11.1 Å². The van der Waals surface area contributed by atoms with Crippen LogP contribution in [0, 0.1) is 6.92 Å². The number of hydrogen-bond donors (Lipinski definition) is 0. The summed E-state index contributed by atoms with van der Waals surface area (Å²) in [6, 6.07) is 11.4. The van der Waals surface area contributed by atoms with Crippen molar-refractivity contribution < 1.29 is 17.2 Å². The van der Waals surface area contributed by atoms with E-state index in [-0.39, 0.29) is 4.90 Å². The Morgan fingerprint density at radius 3 is 2.42 bits per heavy atom. The average molecular weight is 414 g/mol. The first-order chi connectivity index (χ1) is 11.3. The molecule has 0 aliphatic heterocycles. The van der Waals surface area contributed by atoms with Crippen molar-refractivity contribution in [3.8, 4) is 0 Å². The van der Waals surface area contributed by atoms with Crippen molar-refractivity contribution in [2.24, 2.45) is 0 Å². The Kier molecular flexibility index (Phi) is 4.48. The molecule has 0 radical (unpaired) electrons. The van der Waals surface area contributed by atoms with Gasteiger partial charge in [0.05, 0.1) is 10.4 Å². The van der Waals surface area contributed by atoms with Gasteiger partial charge in [0.15, 0.2) is 0 Å². The smallest absolute Gasteiger partial charge is 0.241 e. The van der Waals surface area contributed by atoms with E-state index >= 15 is 0 Å². The first-order valence-electron chi connectivity index (χ1n) is 7.19. The highest BCUT2D eigenvalue weighted by Gasteiger charge is 2.22. The standard InChI is InChI=1S/C17H14BrF2NO2S/c1-11-2-5-14(6-3-11)24(22,23)21-10-12(8-17(19)20)15-9-13(18)4-7-16(15)21/h2-7,9-10,17H,8H2,1H3. The SMILES string of the molecule is Cc1ccc(S(=O)(=O)n2cc(CC(F)F)c3cc(Br)ccc32)cc1. The van der Waals surface area contributed by atoms with Gasteiger partial charge in [-0.1, -0.05) is 33.6 Å². The fraction of sp³-hybridized carbons (Fsp3) is 0.176. The highest BCUT2D eigenvalue weighted by Crippen LogP contribution is 2.30. The predicted octanol–water partition coefficient (Wildman–Crippen LogP) is 4.76. The second-order valence-corrected chi connectivity index (χ2v) is 8.26. The molecule has 126 valence electrons. The van der Waals surface area contributed by atoms with E-state index in [4.69, 9.17) is 0 Å². The van der Waals surface area contributed by atoms with E-state index in [2.05, 4.69) is 15.9 Å². The lowest BCUT2D eigenvalue weighted by atomic mass is 10.1. The van der Waals surface area contributed by atoms with Crippen LogP contribution in [-0.4, -0.2) is 18.8 Å². The molecule has 0 aliphatic rings. The summed E-state index contributed by atoms with van der Waals surface area (Å²) >= 11 is 3.30. The van der Waals surface area contributed by atoms with Crippen molar-refractivity contribution in [1.82, 2.24) is 3.97 Å². The Hall–Kier alpha value is -1.73. The Labute approximate surface area is 147 Å². The molecule has 2 aromatic carbocycles. The number of alkyl halides is 2. The van der Waals surface area contributed by atoms with Gasteiger partial charge < -0.3 is 0 Å². The normalized spacial score (nSPS) is 12.2. The first kappa shape index (κ1) is 17.1. The number of nitrogens with zero attached hydrogens (tertiary/aromatic N) is 1. The van der Waals surface area contributed by atoms with E-state index in [9.17, 15) is 17.2 Å². The molecule has 0 spiro atoms. The largest absolute Gasteiger partial charge is 0.268 e. The fourth-order valence-corrected chi connectivity index (χ4v) is 4.34. The van der Waals surface area contributed by atoms with Crippen molar-refractivity contribution in [2.75, 3.05) is 0 Å². The van der Waals surface area contributed by atoms with Gasteiger partial charge >= 0.3 is 0 Å². The summed E-state index contributed by atoms with van der Waals surface area (Å²) in [4.78, 5) is 0.122. The van der Waals surface area contributed by atoms with Crippen molar-refractivity contribution >= 4 is 36.9 Å². The van der Waals surface area contributed by atoms with Gasteiger partial charge in [-0.25, -0.2) is 21.2 Å². The van der Waals surface area contributed by atoms with E-state index in [1.807, 2.05) is 6.92 Å². The maximum Gasteiger partial charge on any atom is 0.268 e. The second kappa shape index (κ2) is 6.29. The van der Waals surface area contributed by atoms with Crippen LogP contribution in [0.4, 0.5) is 8.78 Å². The van der Waals surface area contributed by atoms with E-state index in [1.165, 1.54) is 18.3 Å². The molecule has 0 bridgehead atoms. The summed E-state index contributed by atoms with van der Waals surface area (Å²) in [6.07, 6.45) is -1.76. The number of halogens is 3. The van der Waals surface area contributed by atoms with Crippen LogP contribution < -0.4 is 0 Å². The molecule has 3 aromatic rings. The van der Waals surface area contributed by atoms with Gasteiger partial charge in [0.1, 0.15) is 0 Å². The Balaban J connectivity index is 2.24. The molecule has 0 amide bonds. The molecule has 0 N–H and O–H groups in total. The minimum absolute atomic E-state index is 0.122. The number of aryl methyl sites for hydroxylation is 1. The summed E-state index contributed by atoms with van der Waals surface area (Å²) < 4.78 is 53.3. The van der Waals surface area contributed by atoms with Crippen LogP contribution in [0.3, 0.4) is 0 Å². The zero-order valence-corrected chi connectivity index (χ0v) is 15.1. The molecule has 0 fully saturated rings. The lowest BCUT2D eigenvalue weighted by molar-refractivity contribution is 0.149. The van der Waals surface area contributed by atoms with E-state index in [1.54, 1.807) is 30.3 Å². The lowest BCUT2D eigenvalue weighted by Crippen LogP contribution is -2.11. The summed E-state index contributed by atoms with van der Waals surface area (Å²) in [5.74, 6) is 0. The van der Waals surface area contributed by atoms with E-state index in [0.717, 1.165) is 9.54 Å². The first-order valence-corrected chi connectivity index (χ1v) is 9.42. The number of aromatic nitrogens is 1. The van der Waals surface area contributed by atoms with Crippen molar-refractivity contribution in [3.05, 3.63) is 64.3 Å². The van der Waals surface area contributed by atoms with Crippen LogP contribution >= 0.6 is 15.9 Å². The highest BCUT2D eigenvalue weighted by molar-refractivity contribution is 9.10.